The summed E-state index contributed by atoms with van der Waals surface area (Å²) in [5.41, 5.74) is 0.803. The number of nitro groups is 1. The highest BCUT2D eigenvalue weighted by atomic mass is 16.6. The first kappa shape index (κ1) is 18.3. The fraction of sp³-hybridized carbons (Fsp3) is 0.278. The van der Waals surface area contributed by atoms with Gasteiger partial charge in [0.15, 0.2) is 6.61 Å². The van der Waals surface area contributed by atoms with Crippen LogP contribution in [0.3, 0.4) is 0 Å². The number of esters is 1. The van der Waals surface area contributed by atoms with E-state index in [0.29, 0.717) is 17.4 Å². The van der Waals surface area contributed by atoms with Gasteiger partial charge >= 0.3 is 11.7 Å². The third kappa shape index (κ3) is 4.94. The molecule has 0 aliphatic heterocycles. The molecule has 0 radical (unpaired) electrons. The van der Waals surface area contributed by atoms with Crippen molar-refractivity contribution >= 4 is 11.7 Å². The van der Waals surface area contributed by atoms with Crippen molar-refractivity contribution in [1.82, 2.24) is 0 Å². The molecular weight excluding hydrogens is 326 g/mol. The first-order chi connectivity index (χ1) is 11.9. The van der Waals surface area contributed by atoms with Crippen LogP contribution in [-0.2, 0) is 4.79 Å². The molecule has 25 heavy (non-hydrogen) atoms. The molecule has 7 heteroatoms. The maximum Gasteiger partial charge on any atom is 0.349 e. The van der Waals surface area contributed by atoms with Crippen LogP contribution in [0.15, 0.2) is 42.5 Å². The Bertz CT molecular complexity index is 755. The van der Waals surface area contributed by atoms with Crippen LogP contribution in [-0.4, -0.2) is 24.6 Å². The fourth-order valence-electron chi connectivity index (χ4n) is 2.10. The predicted molar refractivity (Wildman–Crippen MR) is 91.3 cm³/mol. The number of benzene rings is 2. The SMILES string of the molecule is COc1ccc(OC(=O)COc2ccc(C(C)C)cc2)c([N+](=O)[O-])c1. The molecule has 0 bridgehead atoms. The smallest absolute Gasteiger partial charge is 0.349 e. The molecule has 0 fully saturated rings. The van der Waals surface area contributed by atoms with Gasteiger partial charge < -0.3 is 14.2 Å². The number of nitrogens with zero attached hydrogens (tertiary/aromatic N) is 1. The number of hydrogen-bond donors (Lipinski definition) is 0. The molecule has 0 unspecified atom stereocenters. The standard InChI is InChI=1S/C18H19NO6/c1-12(2)13-4-6-14(7-5-13)24-11-18(20)25-17-9-8-15(23-3)10-16(17)19(21)22/h4-10,12H,11H2,1-3H3. The number of carbonyl (C=O) groups is 1. The van der Waals surface area contributed by atoms with Crippen LogP contribution in [0, 0.1) is 10.1 Å². The van der Waals surface area contributed by atoms with Gasteiger partial charge in [-0.2, -0.15) is 0 Å². The Hall–Kier alpha value is -3.09. The monoisotopic (exact) mass is 345 g/mol. The molecule has 0 aliphatic carbocycles. The highest BCUT2D eigenvalue weighted by molar-refractivity contribution is 5.75. The van der Waals surface area contributed by atoms with E-state index in [2.05, 4.69) is 13.8 Å². The van der Waals surface area contributed by atoms with Crippen molar-refractivity contribution in [2.45, 2.75) is 19.8 Å². The van der Waals surface area contributed by atoms with Gasteiger partial charge in [-0.15, -0.1) is 0 Å². The summed E-state index contributed by atoms with van der Waals surface area (Å²) in [4.78, 5) is 22.3. The molecule has 2 aromatic rings. The van der Waals surface area contributed by atoms with Gasteiger partial charge in [0.1, 0.15) is 11.5 Å². The van der Waals surface area contributed by atoms with E-state index in [0.717, 1.165) is 5.56 Å². The molecule has 2 rings (SSSR count). The molecule has 2 aromatic carbocycles. The third-order valence-electron chi connectivity index (χ3n) is 3.49. The van der Waals surface area contributed by atoms with Crippen LogP contribution in [0.5, 0.6) is 17.2 Å². The summed E-state index contributed by atoms with van der Waals surface area (Å²) in [6.45, 7) is 3.80. The summed E-state index contributed by atoms with van der Waals surface area (Å²) in [5.74, 6) is 0.323. The van der Waals surface area contributed by atoms with Gasteiger partial charge in [-0.05, 0) is 35.7 Å². The lowest BCUT2D eigenvalue weighted by molar-refractivity contribution is -0.385. The molecule has 0 aliphatic rings. The van der Waals surface area contributed by atoms with Gasteiger partial charge in [0.2, 0.25) is 5.75 Å². The zero-order valence-electron chi connectivity index (χ0n) is 14.2. The van der Waals surface area contributed by atoms with Gasteiger partial charge in [-0.25, -0.2) is 4.79 Å². The Morgan fingerprint density at radius 3 is 2.32 bits per heavy atom. The van der Waals surface area contributed by atoms with Crippen molar-refractivity contribution < 1.29 is 23.9 Å². The summed E-state index contributed by atoms with van der Waals surface area (Å²) in [5, 5.41) is 11.1. The summed E-state index contributed by atoms with van der Waals surface area (Å²) in [7, 11) is 1.39. The van der Waals surface area contributed by atoms with E-state index in [1.54, 1.807) is 12.1 Å². The Morgan fingerprint density at radius 2 is 1.76 bits per heavy atom. The van der Waals surface area contributed by atoms with Crippen molar-refractivity contribution in [3.63, 3.8) is 0 Å². The van der Waals surface area contributed by atoms with Crippen LogP contribution in [0.25, 0.3) is 0 Å². The van der Waals surface area contributed by atoms with Crippen LogP contribution >= 0.6 is 0 Å². The molecule has 0 saturated heterocycles. The summed E-state index contributed by atoms with van der Waals surface area (Å²) >= 11 is 0. The quantitative estimate of drug-likeness (QED) is 0.329. The number of hydrogen-bond acceptors (Lipinski definition) is 6. The highest BCUT2D eigenvalue weighted by Crippen LogP contribution is 2.31. The zero-order valence-corrected chi connectivity index (χ0v) is 14.2. The van der Waals surface area contributed by atoms with Crippen molar-refractivity contribution in [1.29, 1.82) is 0 Å². The lowest BCUT2D eigenvalue weighted by Crippen LogP contribution is -2.18. The molecule has 0 saturated carbocycles. The van der Waals surface area contributed by atoms with Crippen LogP contribution in [0.1, 0.15) is 25.3 Å². The average molecular weight is 345 g/mol. The highest BCUT2D eigenvalue weighted by Gasteiger charge is 2.19. The largest absolute Gasteiger partial charge is 0.496 e. The second-order valence-corrected chi connectivity index (χ2v) is 5.58. The second-order valence-electron chi connectivity index (χ2n) is 5.58. The predicted octanol–water partition coefficient (Wildman–Crippen LogP) is 3.71. The Balaban J connectivity index is 1.99. The second kappa shape index (κ2) is 8.14. The topological polar surface area (TPSA) is 87.9 Å². The number of carbonyl (C=O) groups excluding carboxylic acids is 1. The van der Waals surface area contributed by atoms with E-state index >= 15 is 0 Å². The van der Waals surface area contributed by atoms with E-state index in [4.69, 9.17) is 14.2 Å². The van der Waals surface area contributed by atoms with Gasteiger partial charge in [0.05, 0.1) is 18.1 Å². The maximum absolute atomic E-state index is 11.9. The normalized spacial score (nSPS) is 10.4. The molecule has 7 nitrogen and oxygen atoms in total. The summed E-state index contributed by atoms with van der Waals surface area (Å²) in [6.07, 6.45) is 0. The van der Waals surface area contributed by atoms with Crippen LogP contribution in [0.4, 0.5) is 5.69 Å². The summed E-state index contributed by atoms with van der Waals surface area (Å²) < 4.78 is 15.3. The Labute approximate surface area is 145 Å². The van der Waals surface area contributed by atoms with Crippen molar-refractivity contribution in [2.75, 3.05) is 13.7 Å². The first-order valence-corrected chi connectivity index (χ1v) is 7.66. The van der Waals surface area contributed by atoms with Gasteiger partial charge in [0.25, 0.3) is 0 Å². The lowest BCUT2D eigenvalue weighted by atomic mass is 10.0. The molecule has 132 valence electrons. The molecular formula is C18H19NO6. The molecule has 0 spiro atoms. The molecule has 0 heterocycles. The van der Waals surface area contributed by atoms with Gasteiger partial charge in [-0.3, -0.25) is 10.1 Å². The average Bonchev–Trinajstić information content (AvgIpc) is 2.60. The number of methoxy groups -OCH3 is 1. The van der Waals surface area contributed by atoms with E-state index in [1.165, 1.54) is 25.3 Å². The molecule has 0 N–H and O–H groups in total. The Kier molecular flexibility index (Phi) is 5.94. The van der Waals surface area contributed by atoms with Crippen LogP contribution in [0.2, 0.25) is 0 Å². The van der Waals surface area contributed by atoms with E-state index < -0.39 is 10.9 Å². The number of rotatable bonds is 7. The van der Waals surface area contributed by atoms with E-state index in [-0.39, 0.29) is 18.0 Å². The third-order valence-corrected chi connectivity index (χ3v) is 3.49. The minimum Gasteiger partial charge on any atom is -0.496 e. The van der Waals surface area contributed by atoms with Crippen LogP contribution < -0.4 is 14.2 Å². The number of ether oxygens (including phenoxy) is 3. The Morgan fingerprint density at radius 1 is 1.12 bits per heavy atom. The lowest BCUT2D eigenvalue weighted by Gasteiger charge is -2.09. The zero-order chi connectivity index (χ0) is 18.4. The van der Waals surface area contributed by atoms with Gasteiger partial charge in [-0.1, -0.05) is 26.0 Å². The van der Waals surface area contributed by atoms with Crippen molar-refractivity contribution in [2.24, 2.45) is 0 Å². The fourth-order valence-corrected chi connectivity index (χ4v) is 2.10. The van der Waals surface area contributed by atoms with E-state index in [1.807, 2.05) is 12.1 Å². The van der Waals surface area contributed by atoms with E-state index in [9.17, 15) is 14.9 Å². The maximum atomic E-state index is 11.9. The summed E-state index contributed by atoms with van der Waals surface area (Å²) in [6, 6.07) is 11.3. The number of nitro benzene ring substituents is 1. The van der Waals surface area contributed by atoms with Crippen molar-refractivity contribution in [3.05, 3.63) is 58.1 Å². The van der Waals surface area contributed by atoms with Gasteiger partial charge in [0, 0.05) is 0 Å². The minimum absolute atomic E-state index is 0.158. The molecule has 0 aromatic heterocycles. The molecule has 0 amide bonds. The first-order valence-electron chi connectivity index (χ1n) is 7.66. The van der Waals surface area contributed by atoms with Crippen molar-refractivity contribution in [3.8, 4) is 17.2 Å². The molecule has 0 atom stereocenters. The minimum atomic E-state index is -0.735.